The van der Waals surface area contributed by atoms with Crippen LogP contribution in [0.15, 0.2) is 133 Å². The molecule has 4 aliphatic rings. The van der Waals surface area contributed by atoms with E-state index >= 15 is 0 Å². The molecule has 2 atom stereocenters. The molecule has 2 aromatic heterocycles. The number of hydrogen-bond acceptors (Lipinski definition) is 3. The Labute approximate surface area is 439 Å². The molecule has 13 rings (SSSR count). The fraction of sp³-hybridized carbons (Fsp3) is 0.353. The first-order chi connectivity index (χ1) is 34.5. The van der Waals surface area contributed by atoms with Gasteiger partial charge in [-0.1, -0.05) is 182 Å². The summed E-state index contributed by atoms with van der Waals surface area (Å²) in [6, 6.07) is 53.2. The van der Waals surface area contributed by atoms with Gasteiger partial charge < -0.3 is 14.4 Å². The first-order valence-corrected chi connectivity index (χ1v) is 28.1. The summed E-state index contributed by atoms with van der Waals surface area (Å²) < 4.78 is 5.45. The van der Waals surface area contributed by atoms with Gasteiger partial charge in [-0.15, -0.1) is 11.3 Å². The Morgan fingerprint density at radius 3 is 1.84 bits per heavy atom. The molecule has 0 bridgehead atoms. The van der Waals surface area contributed by atoms with Crippen LogP contribution in [-0.4, -0.2) is 16.8 Å². The molecule has 3 aliphatic heterocycles. The molecule has 0 spiro atoms. The average molecular weight is 974 g/mol. The number of nitrogens with zero attached hydrogens (tertiary/aromatic N) is 3. The van der Waals surface area contributed by atoms with Crippen LogP contribution < -0.4 is 26.2 Å². The highest BCUT2D eigenvalue weighted by molar-refractivity contribution is 7.26. The fourth-order valence-corrected chi connectivity index (χ4v) is 15.1. The zero-order chi connectivity index (χ0) is 51.1. The second-order valence-corrected chi connectivity index (χ2v) is 28.0. The van der Waals surface area contributed by atoms with Crippen LogP contribution in [0.2, 0.25) is 0 Å². The van der Waals surface area contributed by atoms with E-state index in [-0.39, 0.29) is 39.3 Å². The SMILES string of the molecule is CC(C)(C)c1ccc(N2c3cc(N4c5ccc(C(C)(C)C)cc5C5(C)CCCCC45C)ccc3B3c4c2cc(C(C)(C)C)cc4-n2c4c3cc(C(C)(C)C)cc4c3sc4ccccc4c32)c(-c2ccccc2)c1. The molecule has 1 saturated carbocycles. The first-order valence-electron chi connectivity index (χ1n) is 27.3. The third kappa shape index (κ3) is 6.62. The number of fused-ring (bicyclic) bond motifs is 12. The summed E-state index contributed by atoms with van der Waals surface area (Å²) in [4.78, 5) is 5.53. The summed E-state index contributed by atoms with van der Waals surface area (Å²) in [6.45, 7) is 33.7. The molecule has 1 aliphatic carbocycles. The molecule has 2 unspecified atom stereocenters. The molecular weight excluding hydrogens is 902 g/mol. The number of anilines is 5. The summed E-state index contributed by atoms with van der Waals surface area (Å²) in [6.07, 6.45) is 4.84. The molecule has 73 heavy (non-hydrogen) atoms. The molecular formula is C68H72BN3S. The Balaban J connectivity index is 1.18. The van der Waals surface area contributed by atoms with E-state index in [1.807, 2.05) is 11.3 Å². The monoisotopic (exact) mass is 974 g/mol. The highest BCUT2D eigenvalue weighted by Gasteiger charge is 2.58. The smallest absolute Gasteiger partial charge is 0.252 e. The predicted molar refractivity (Wildman–Crippen MR) is 319 cm³/mol. The van der Waals surface area contributed by atoms with E-state index in [0.717, 1.165) is 6.42 Å². The van der Waals surface area contributed by atoms with Crippen molar-refractivity contribution in [2.24, 2.45) is 0 Å². The minimum absolute atomic E-state index is 0.00855. The van der Waals surface area contributed by atoms with Gasteiger partial charge in [0, 0.05) is 54.9 Å². The van der Waals surface area contributed by atoms with Crippen molar-refractivity contribution in [3.8, 4) is 16.8 Å². The van der Waals surface area contributed by atoms with Crippen molar-refractivity contribution in [1.29, 1.82) is 0 Å². The zero-order valence-corrected chi connectivity index (χ0v) is 46.7. The summed E-state index contributed by atoms with van der Waals surface area (Å²) in [5.41, 5.74) is 23.9. The molecule has 0 radical (unpaired) electrons. The van der Waals surface area contributed by atoms with Gasteiger partial charge in [0.2, 0.25) is 0 Å². The van der Waals surface area contributed by atoms with Crippen LogP contribution >= 0.6 is 11.3 Å². The fourth-order valence-electron chi connectivity index (χ4n) is 13.9. The maximum atomic E-state index is 2.81. The van der Waals surface area contributed by atoms with Gasteiger partial charge in [0.1, 0.15) is 0 Å². The van der Waals surface area contributed by atoms with Crippen molar-refractivity contribution in [3.05, 3.63) is 161 Å². The van der Waals surface area contributed by atoms with Gasteiger partial charge in [0.05, 0.1) is 27.0 Å². The largest absolute Gasteiger partial charge is 0.334 e. The van der Waals surface area contributed by atoms with Gasteiger partial charge in [-0.3, -0.25) is 0 Å². The quantitative estimate of drug-likeness (QED) is 0.164. The minimum Gasteiger partial charge on any atom is -0.334 e. The van der Waals surface area contributed by atoms with Crippen molar-refractivity contribution >= 4 is 94.1 Å². The Bertz CT molecular complexity index is 3790. The molecule has 5 heterocycles. The van der Waals surface area contributed by atoms with Gasteiger partial charge in [0.15, 0.2) is 0 Å². The van der Waals surface area contributed by atoms with Crippen molar-refractivity contribution in [1.82, 2.24) is 4.57 Å². The normalized spacial score (nSPS) is 19.5. The molecule has 3 nitrogen and oxygen atoms in total. The average Bonchev–Trinajstić information content (AvgIpc) is 3.95. The third-order valence-electron chi connectivity index (χ3n) is 18.3. The highest BCUT2D eigenvalue weighted by Crippen LogP contribution is 2.62. The molecule has 0 N–H and O–H groups in total. The maximum absolute atomic E-state index is 2.81. The van der Waals surface area contributed by atoms with Gasteiger partial charge in [-0.25, -0.2) is 0 Å². The number of benzene rings is 7. The van der Waals surface area contributed by atoms with E-state index < -0.39 is 0 Å². The predicted octanol–water partition coefficient (Wildman–Crippen LogP) is 17.2. The number of aromatic nitrogens is 1. The lowest BCUT2D eigenvalue weighted by atomic mass is 9.33. The Hall–Kier alpha value is -6.04. The van der Waals surface area contributed by atoms with E-state index in [1.165, 1.54) is 140 Å². The van der Waals surface area contributed by atoms with Crippen LogP contribution in [0.25, 0.3) is 48.0 Å². The summed E-state index contributed by atoms with van der Waals surface area (Å²) in [5, 5.41) is 2.71. The molecule has 7 aromatic carbocycles. The van der Waals surface area contributed by atoms with E-state index in [1.54, 1.807) is 0 Å². The Kier molecular flexibility index (Phi) is 9.78. The first kappa shape index (κ1) is 46.7. The van der Waals surface area contributed by atoms with Crippen LogP contribution in [0.1, 0.15) is 150 Å². The van der Waals surface area contributed by atoms with E-state index in [4.69, 9.17) is 0 Å². The number of thiophene rings is 1. The van der Waals surface area contributed by atoms with Gasteiger partial charge >= 0.3 is 0 Å². The van der Waals surface area contributed by atoms with Gasteiger partial charge in [-0.05, 0) is 146 Å². The van der Waals surface area contributed by atoms with Crippen LogP contribution in [0, 0.1) is 0 Å². The van der Waals surface area contributed by atoms with Crippen LogP contribution in [-0.2, 0) is 27.1 Å². The Morgan fingerprint density at radius 2 is 1.12 bits per heavy atom. The van der Waals surface area contributed by atoms with Crippen LogP contribution in [0.5, 0.6) is 0 Å². The molecule has 1 fully saturated rings. The molecule has 5 heteroatoms. The van der Waals surface area contributed by atoms with Crippen LogP contribution in [0.4, 0.5) is 28.4 Å². The lowest BCUT2D eigenvalue weighted by Crippen LogP contribution is -2.61. The molecule has 0 amide bonds. The van der Waals surface area contributed by atoms with Crippen molar-refractivity contribution in [3.63, 3.8) is 0 Å². The topological polar surface area (TPSA) is 11.4 Å². The maximum Gasteiger partial charge on any atom is 0.252 e. The second-order valence-electron chi connectivity index (χ2n) is 27.0. The standard InChI is InChI=1S/C68H72BN3S/c1-63(2,3)42-26-30-53(48(34-42)41-22-16-15-17-23-41)70-55-40-46(72-54-31-27-43(64(4,5)6)36-50(54)67(13)32-20-21-33-68(67,72)14)28-29-51(55)69-52-37-44(65(7,8)9)35-49-60(52)71(61-47-24-18-19-25-58(47)73-62(49)61)57-39-45(66(10,11)12)38-56(70)59(57)69/h15-19,22-31,34-40H,20-21,32-33H2,1-14H3. The van der Waals surface area contributed by atoms with Gasteiger partial charge in [-0.2, -0.15) is 0 Å². The third-order valence-corrected chi connectivity index (χ3v) is 19.5. The van der Waals surface area contributed by atoms with Crippen molar-refractivity contribution in [2.45, 2.75) is 155 Å². The molecule has 9 aromatic rings. The second kappa shape index (κ2) is 15.3. The Morgan fingerprint density at radius 1 is 0.493 bits per heavy atom. The summed E-state index contributed by atoms with van der Waals surface area (Å²) in [7, 11) is 0. The number of hydrogen-bond donors (Lipinski definition) is 0. The van der Waals surface area contributed by atoms with E-state index in [9.17, 15) is 0 Å². The van der Waals surface area contributed by atoms with Crippen molar-refractivity contribution in [2.75, 3.05) is 9.80 Å². The lowest BCUT2D eigenvalue weighted by Gasteiger charge is -2.50. The number of rotatable bonds is 3. The highest BCUT2D eigenvalue weighted by atomic mass is 32.1. The van der Waals surface area contributed by atoms with E-state index in [2.05, 4.69) is 245 Å². The minimum atomic E-state index is -0.128. The lowest BCUT2D eigenvalue weighted by molar-refractivity contribution is 0.195. The molecule has 0 saturated heterocycles. The van der Waals surface area contributed by atoms with Gasteiger partial charge in [0.25, 0.3) is 6.71 Å². The van der Waals surface area contributed by atoms with Crippen LogP contribution in [0.3, 0.4) is 0 Å². The summed E-state index contributed by atoms with van der Waals surface area (Å²) in [5.74, 6) is 0. The zero-order valence-electron chi connectivity index (χ0n) is 45.9. The van der Waals surface area contributed by atoms with Crippen molar-refractivity contribution < 1.29 is 0 Å². The van der Waals surface area contributed by atoms with E-state index in [0.29, 0.717) is 0 Å². The summed E-state index contributed by atoms with van der Waals surface area (Å²) >= 11 is 1.97. The molecule has 368 valence electrons.